The Morgan fingerprint density at radius 2 is 2.08 bits per heavy atom. The lowest BCUT2D eigenvalue weighted by atomic mass is 9.75. The maximum absolute atomic E-state index is 6.10. The van der Waals surface area contributed by atoms with Crippen LogP contribution in [-0.4, -0.2) is 28.6 Å². The number of nitrogens with zero attached hydrogens (tertiary/aromatic N) is 2. The molecule has 2 atom stereocenters. The first kappa shape index (κ1) is 18.7. The van der Waals surface area contributed by atoms with E-state index in [1.807, 2.05) is 6.92 Å². The van der Waals surface area contributed by atoms with Gasteiger partial charge in [-0.1, -0.05) is 38.0 Å². The Bertz CT molecular complexity index is 621. The number of ether oxygens (including phenoxy) is 1. The number of aromatic nitrogens is 2. The van der Waals surface area contributed by atoms with Crippen molar-refractivity contribution in [3.05, 3.63) is 35.1 Å². The number of nitrogen functional groups attached to an aromatic ring is 2. The Morgan fingerprint density at radius 1 is 1.33 bits per heavy atom. The minimum Gasteiger partial charge on any atom is -0.383 e. The number of nitrogens with two attached hydrogens (primary N) is 2. The van der Waals surface area contributed by atoms with Crippen LogP contribution >= 0.6 is 11.6 Å². The van der Waals surface area contributed by atoms with Gasteiger partial charge in [0.15, 0.2) is 0 Å². The number of allylic oxidation sites excluding steroid dienone is 2. The van der Waals surface area contributed by atoms with E-state index >= 15 is 0 Å². The molecule has 0 saturated carbocycles. The Morgan fingerprint density at radius 3 is 2.67 bits per heavy atom. The van der Waals surface area contributed by atoms with Crippen molar-refractivity contribution < 1.29 is 4.74 Å². The number of halogens is 1. The summed E-state index contributed by atoms with van der Waals surface area (Å²) < 4.78 is 5.98. The first-order valence-corrected chi connectivity index (χ1v) is 8.88. The second-order valence-electron chi connectivity index (χ2n) is 6.31. The summed E-state index contributed by atoms with van der Waals surface area (Å²) >= 11 is 6.05. The van der Waals surface area contributed by atoms with E-state index in [4.69, 9.17) is 27.8 Å². The van der Waals surface area contributed by atoms with E-state index in [9.17, 15) is 0 Å². The third-order valence-electron chi connectivity index (χ3n) is 4.77. The van der Waals surface area contributed by atoms with Crippen LogP contribution in [0.15, 0.2) is 23.8 Å². The molecule has 24 heavy (non-hydrogen) atoms. The Labute approximate surface area is 149 Å². The summed E-state index contributed by atoms with van der Waals surface area (Å²) in [6.07, 6.45) is 10.3. The largest absolute Gasteiger partial charge is 0.383 e. The van der Waals surface area contributed by atoms with Crippen molar-refractivity contribution in [2.45, 2.75) is 45.1 Å². The van der Waals surface area contributed by atoms with Crippen LogP contribution in [0.4, 0.5) is 11.8 Å². The molecule has 5 nitrogen and oxygen atoms in total. The highest BCUT2D eigenvalue weighted by molar-refractivity contribution is 6.19. The topological polar surface area (TPSA) is 87.0 Å². The smallest absolute Gasteiger partial charge is 0.222 e. The predicted molar refractivity (Wildman–Crippen MR) is 100.0 cm³/mol. The van der Waals surface area contributed by atoms with Gasteiger partial charge in [0.2, 0.25) is 5.95 Å². The van der Waals surface area contributed by atoms with Crippen LogP contribution in [0, 0.1) is 12.8 Å². The number of anilines is 2. The fraction of sp³-hybridized carbons (Fsp3) is 0.556. The lowest BCUT2D eigenvalue weighted by Crippen LogP contribution is -2.40. The number of aryl methyl sites for hydroxylation is 1. The fourth-order valence-corrected chi connectivity index (χ4v) is 3.48. The van der Waals surface area contributed by atoms with Crippen LogP contribution in [0.25, 0.3) is 0 Å². The van der Waals surface area contributed by atoms with Crippen LogP contribution in [-0.2, 0) is 11.2 Å². The number of alkyl halides is 1. The molecule has 0 spiro atoms. The summed E-state index contributed by atoms with van der Waals surface area (Å²) in [5.41, 5.74) is 14.3. The predicted octanol–water partition coefficient (Wildman–Crippen LogP) is 3.42. The van der Waals surface area contributed by atoms with E-state index in [0.29, 0.717) is 18.1 Å². The summed E-state index contributed by atoms with van der Waals surface area (Å²) in [7, 11) is 1.77. The van der Waals surface area contributed by atoms with Crippen molar-refractivity contribution in [1.82, 2.24) is 9.97 Å². The summed E-state index contributed by atoms with van der Waals surface area (Å²) in [5, 5.41) is 0. The van der Waals surface area contributed by atoms with Crippen molar-refractivity contribution >= 4 is 23.4 Å². The molecule has 0 radical (unpaired) electrons. The molecule has 0 bridgehead atoms. The van der Waals surface area contributed by atoms with E-state index in [1.165, 1.54) is 0 Å². The monoisotopic (exact) mass is 350 g/mol. The lowest BCUT2D eigenvalue weighted by Gasteiger charge is -2.39. The van der Waals surface area contributed by atoms with Gasteiger partial charge in [-0.3, -0.25) is 0 Å². The summed E-state index contributed by atoms with van der Waals surface area (Å²) in [5.74, 6) is 1.25. The molecular weight excluding hydrogens is 324 g/mol. The molecule has 1 heterocycles. The van der Waals surface area contributed by atoms with Gasteiger partial charge in [0.05, 0.1) is 5.60 Å². The number of unbranched alkanes of at least 4 members (excludes halogenated alkanes) is 1. The van der Waals surface area contributed by atoms with E-state index in [1.54, 1.807) is 7.11 Å². The molecular formula is C18H27ClN4O. The molecule has 2 rings (SSSR count). The molecule has 4 N–H and O–H groups in total. The van der Waals surface area contributed by atoms with E-state index < -0.39 is 0 Å². The van der Waals surface area contributed by atoms with Gasteiger partial charge in [0.25, 0.3) is 0 Å². The maximum atomic E-state index is 6.10. The second-order valence-corrected chi connectivity index (χ2v) is 6.58. The van der Waals surface area contributed by atoms with Gasteiger partial charge in [0, 0.05) is 30.2 Å². The minimum absolute atomic E-state index is 0.126. The maximum Gasteiger partial charge on any atom is 0.222 e. The van der Waals surface area contributed by atoms with E-state index in [-0.39, 0.29) is 17.5 Å². The lowest BCUT2D eigenvalue weighted by molar-refractivity contribution is -0.0123. The number of rotatable bonds is 7. The molecule has 1 aromatic heterocycles. The first-order chi connectivity index (χ1) is 11.5. The molecule has 132 valence electrons. The summed E-state index contributed by atoms with van der Waals surface area (Å²) in [4.78, 5) is 8.37. The average molecular weight is 351 g/mol. The quantitative estimate of drug-likeness (QED) is 0.736. The van der Waals surface area contributed by atoms with Crippen molar-refractivity contribution in [1.29, 1.82) is 0 Å². The zero-order chi connectivity index (χ0) is 17.7. The normalized spacial score (nSPS) is 23.3. The Balaban J connectivity index is 2.38. The molecule has 0 amide bonds. The number of hydrogen-bond acceptors (Lipinski definition) is 5. The molecule has 0 aromatic carbocycles. The molecule has 1 aliphatic carbocycles. The van der Waals surface area contributed by atoms with Gasteiger partial charge < -0.3 is 16.2 Å². The standard InChI is InChI=1S/C18H27ClN4O/c1-4-5-7-18(24-3)8-6-13(11-19)9-14(18)10-15-12(2)22-17(21)23-16(15)20/h6,8-9,14H,4-5,7,10-11H2,1-3H3,(H4,20,21,22,23). The van der Waals surface area contributed by atoms with Crippen LogP contribution in [0.3, 0.4) is 0 Å². The Kier molecular flexibility index (Phi) is 6.24. The second kappa shape index (κ2) is 7.99. The van der Waals surface area contributed by atoms with Gasteiger partial charge in [0.1, 0.15) is 5.82 Å². The average Bonchev–Trinajstić information content (AvgIpc) is 2.56. The van der Waals surface area contributed by atoms with Gasteiger partial charge in [-0.15, -0.1) is 11.6 Å². The fourth-order valence-electron chi connectivity index (χ4n) is 3.30. The molecule has 0 fully saturated rings. The number of methoxy groups -OCH3 is 1. The zero-order valence-electron chi connectivity index (χ0n) is 14.7. The minimum atomic E-state index is -0.355. The Hall–Kier alpha value is -1.59. The van der Waals surface area contributed by atoms with Gasteiger partial charge in [-0.05, 0) is 25.3 Å². The van der Waals surface area contributed by atoms with E-state index in [2.05, 4.69) is 35.1 Å². The summed E-state index contributed by atoms with van der Waals surface area (Å²) in [6, 6.07) is 0. The van der Waals surface area contributed by atoms with Crippen molar-refractivity contribution in [2.24, 2.45) is 5.92 Å². The zero-order valence-corrected chi connectivity index (χ0v) is 15.4. The van der Waals surface area contributed by atoms with Gasteiger partial charge in [-0.25, -0.2) is 4.98 Å². The molecule has 1 aliphatic rings. The first-order valence-electron chi connectivity index (χ1n) is 8.35. The van der Waals surface area contributed by atoms with Crippen molar-refractivity contribution in [3.63, 3.8) is 0 Å². The molecule has 1 aromatic rings. The highest BCUT2D eigenvalue weighted by atomic mass is 35.5. The van der Waals surface area contributed by atoms with Crippen molar-refractivity contribution in [3.8, 4) is 0 Å². The molecule has 2 unspecified atom stereocenters. The molecule has 0 saturated heterocycles. The van der Waals surface area contributed by atoms with Crippen LogP contribution < -0.4 is 11.5 Å². The van der Waals surface area contributed by atoms with Gasteiger partial charge in [-0.2, -0.15) is 4.98 Å². The van der Waals surface area contributed by atoms with Crippen LogP contribution in [0.2, 0.25) is 0 Å². The van der Waals surface area contributed by atoms with Gasteiger partial charge >= 0.3 is 0 Å². The SMILES string of the molecule is CCCCC1(OC)C=CC(CCl)=CC1Cc1c(C)nc(N)nc1N. The highest BCUT2D eigenvalue weighted by Crippen LogP contribution is 2.38. The molecule has 0 aliphatic heterocycles. The van der Waals surface area contributed by atoms with Crippen molar-refractivity contribution in [2.75, 3.05) is 24.5 Å². The molecule has 6 heteroatoms. The third kappa shape index (κ3) is 3.90. The van der Waals surface area contributed by atoms with Crippen LogP contribution in [0.1, 0.15) is 37.4 Å². The number of hydrogen-bond donors (Lipinski definition) is 2. The highest BCUT2D eigenvalue weighted by Gasteiger charge is 2.37. The third-order valence-corrected chi connectivity index (χ3v) is 5.07. The van der Waals surface area contributed by atoms with E-state index in [0.717, 1.165) is 36.1 Å². The summed E-state index contributed by atoms with van der Waals surface area (Å²) in [6.45, 7) is 4.09. The van der Waals surface area contributed by atoms with Crippen LogP contribution in [0.5, 0.6) is 0 Å².